The highest BCUT2D eigenvalue weighted by atomic mass is 127. The molecular formula is C31H43IN2O7. The molecule has 2 amide bonds. The van der Waals surface area contributed by atoms with E-state index in [1.165, 1.54) is 13.5 Å². The molecule has 4 aliphatic carbocycles. The summed E-state index contributed by atoms with van der Waals surface area (Å²) in [6.07, 6.45) is 3.74. The summed E-state index contributed by atoms with van der Waals surface area (Å²) in [4.78, 5) is 40.1. The molecule has 10 heteroatoms. The van der Waals surface area contributed by atoms with Crippen molar-refractivity contribution in [3.05, 3.63) is 32.9 Å². The second-order valence-corrected chi connectivity index (χ2v) is 13.7. The van der Waals surface area contributed by atoms with Crippen LogP contribution in [0.15, 0.2) is 23.8 Å². The van der Waals surface area contributed by atoms with E-state index in [2.05, 4.69) is 19.2 Å². The number of amides is 2. The summed E-state index contributed by atoms with van der Waals surface area (Å²) in [6, 6.07) is 2.52. The minimum absolute atomic E-state index is 0.0634. The molecular weight excluding hydrogens is 639 g/mol. The van der Waals surface area contributed by atoms with E-state index in [1.54, 1.807) is 23.1 Å². The fraction of sp³-hybridized carbons (Fsp3) is 0.645. The summed E-state index contributed by atoms with van der Waals surface area (Å²) in [6.45, 7) is 8.76. The van der Waals surface area contributed by atoms with Crippen LogP contribution in [-0.2, 0) is 9.59 Å². The van der Waals surface area contributed by atoms with E-state index in [-0.39, 0.29) is 42.7 Å². The molecule has 5 rings (SSSR count). The molecule has 0 unspecified atom stereocenters. The van der Waals surface area contributed by atoms with E-state index in [0.717, 1.165) is 25.0 Å². The average Bonchev–Trinajstić information content (AvgIpc) is 2.95. The van der Waals surface area contributed by atoms with Crippen LogP contribution in [0.4, 0.5) is 0 Å². The van der Waals surface area contributed by atoms with Gasteiger partial charge in [-0.05, 0) is 83.2 Å². The van der Waals surface area contributed by atoms with E-state index < -0.39 is 18.2 Å². The van der Waals surface area contributed by atoms with Crippen molar-refractivity contribution in [2.45, 2.75) is 71.6 Å². The predicted molar refractivity (Wildman–Crippen MR) is 163 cm³/mol. The Kier molecular flexibility index (Phi) is 10.1. The number of methoxy groups -OCH3 is 1. The van der Waals surface area contributed by atoms with E-state index >= 15 is 0 Å². The van der Waals surface area contributed by atoms with Gasteiger partial charge < -0.3 is 29.9 Å². The van der Waals surface area contributed by atoms with Gasteiger partial charge in [-0.3, -0.25) is 14.4 Å². The number of fused-ring (bicyclic) bond motifs is 2. The summed E-state index contributed by atoms with van der Waals surface area (Å²) in [7, 11) is 1.47. The number of hydrogen-bond acceptors (Lipinski definition) is 7. The van der Waals surface area contributed by atoms with Crippen LogP contribution in [0.3, 0.4) is 0 Å². The first kappa shape index (κ1) is 31.7. The van der Waals surface area contributed by atoms with Crippen LogP contribution in [0.1, 0.15) is 63.7 Å². The number of nitrogens with one attached hydrogen (secondary N) is 1. The topological polar surface area (TPSA) is 125 Å². The highest BCUT2D eigenvalue weighted by molar-refractivity contribution is 14.1. The second kappa shape index (κ2) is 13.0. The normalized spacial score (nSPS) is 28.3. The lowest BCUT2D eigenvalue weighted by atomic mass is 9.45. The number of benzene rings is 1. The maximum absolute atomic E-state index is 13.7. The molecule has 226 valence electrons. The molecule has 9 nitrogen and oxygen atoms in total. The Bertz CT molecular complexity index is 1180. The van der Waals surface area contributed by atoms with Crippen molar-refractivity contribution in [2.24, 2.45) is 29.1 Å². The van der Waals surface area contributed by atoms with E-state index in [0.29, 0.717) is 44.6 Å². The number of aliphatic hydroxyl groups excluding tert-OH is 2. The molecule has 6 atom stereocenters. The molecule has 3 N–H and O–H groups in total. The van der Waals surface area contributed by atoms with Crippen LogP contribution in [0.5, 0.6) is 11.5 Å². The molecule has 0 heterocycles. The first-order valence-electron chi connectivity index (χ1n) is 14.5. The third-order valence-corrected chi connectivity index (χ3v) is 10.3. The Morgan fingerprint density at radius 3 is 2.59 bits per heavy atom. The first-order valence-corrected chi connectivity index (χ1v) is 15.6. The van der Waals surface area contributed by atoms with Crippen molar-refractivity contribution in [3.8, 4) is 11.5 Å². The molecule has 41 heavy (non-hydrogen) atoms. The highest BCUT2D eigenvalue weighted by Crippen LogP contribution is 2.61. The van der Waals surface area contributed by atoms with Gasteiger partial charge in [-0.2, -0.15) is 0 Å². The number of rotatable bonds is 11. The molecule has 0 aliphatic heterocycles. The number of hydrogen-bond donors (Lipinski definition) is 3. The summed E-state index contributed by atoms with van der Waals surface area (Å²) >= 11 is 2.05. The second-order valence-electron chi connectivity index (χ2n) is 12.5. The molecule has 0 saturated heterocycles. The summed E-state index contributed by atoms with van der Waals surface area (Å²) < 4.78 is 12.4. The third-order valence-electron chi connectivity index (χ3n) is 9.47. The fourth-order valence-corrected chi connectivity index (χ4v) is 7.74. The Morgan fingerprint density at radius 1 is 1.27 bits per heavy atom. The van der Waals surface area contributed by atoms with Crippen molar-refractivity contribution in [3.63, 3.8) is 0 Å². The number of carbonyl (C=O) groups excluding carboxylic acids is 3. The van der Waals surface area contributed by atoms with Gasteiger partial charge in [-0.15, -0.1) is 0 Å². The standard InChI is InChI=1S/C31H43IN2O7/c1-17(2)30(39)34(15-19-6-7-21-14-22(19)31(21,3)4)24-12-20(29(38)33-8-9-35)13-25(27(24)37)41-28-23(32)10-18(16-36)11-26(28)40-5/h10-11,13,16-17,19,21-22,24-25,27,35,37H,6-9,12,14-15H2,1-5H3,(H,33,38)/t19-,21-,22-,24+,25-,27-/m0/s1. The minimum Gasteiger partial charge on any atom is -0.493 e. The van der Waals surface area contributed by atoms with E-state index in [4.69, 9.17) is 9.47 Å². The van der Waals surface area contributed by atoms with E-state index in [1.807, 2.05) is 36.4 Å². The molecule has 2 bridgehead atoms. The average molecular weight is 683 g/mol. The summed E-state index contributed by atoms with van der Waals surface area (Å²) in [5.41, 5.74) is 1.04. The molecule has 1 aromatic rings. The molecule has 3 fully saturated rings. The van der Waals surface area contributed by atoms with Gasteiger partial charge in [0.2, 0.25) is 11.8 Å². The maximum Gasteiger partial charge on any atom is 0.247 e. The smallest absolute Gasteiger partial charge is 0.247 e. The Labute approximate surface area is 256 Å². The van der Waals surface area contributed by atoms with Gasteiger partial charge >= 0.3 is 0 Å². The van der Waals surface area contributed by atoms with Gasteiger partial charge in [-0.1, -0.05) is 27.7 Å². The van der Waals surface area contributed by atoms with Crippen LogP contribution in [-0.4, -0.2) is 78.3 Å². The van der Waals surface area contributed by atoms with Crippen LogP contribution in [0.25, 0.3) is 0 Å². The summed E-state index contributed by atoms with van der Waals surface area (Å²) in [5.74, 6) is 1.50. The van der Waals surface area contributed by atoms with Gasteiger partial charge in [-0.25, -0.2) is 0 Å². The number of ether oxygens (including phenoxy) is 2. The Hall–Kier alpha value is -2.18. The molecule has 0 spiro atoms. The predicted octanol–water partition coefficient (Wildman–Crippen LogP) is 3.58. The largest absolute Gasteiger partial charge is 0.493 e. The molecule has 1 aromatic carbocycles. The number of nitrogens with zero attached hydrogens (tertiary/aromatic N) is 1. The minimum atomic E-state index is -1.12. The van der Waals surface area contributed by atoms with Crippen LogP contribution >= 0.6 is 22.6 Å². The highest BCUT2D eigenvalue weighted by Gasteiger charge is 2.55. The van der Waals surface area contributed by atoms with Crippen molar-refractivity contribution in [1.29, 1.82) is 0 Å². The fourth-order valence-electron chi connectivity index (χ4n) is 6.99. The number of aliphatic hydroxyl groups is 2. The number of halogens is 1. The van der Waals surface area contributed by atoms with Gasteiger partial charge in [0.25, 0.3) is 0 Å². The first-order chi connectivity index (χ1) is 19.4. The third kappa shape index (κ3) is 6.44. The molecule has 4 aliphatic rings. The zero-order chi connectivity index (χ0) is 30.1. The van der Waals surface area contributed by atoms with Crippen LogP contribution < -0.4 is 14.8 Å². The number of carbonyl (C=O) groups is 3. The van der Waals surface area contributed by atoms with E-state index in [9.17, 15) is 24.6 Å². The van der Waals surface area contributed by atoms with Gasteiger partial charge in [0.05, 0.1) is 23.3 Å². The van der Waals surface area contributed by atoms with Gasteiger partial charge in [0.1, 0.15) is 18.5 Å². The lowest BCUT2D eigenvalue weighted by Crippen LogP contribution is -2.60. The van der Waals surface area contributed by atoms with Crippen LogP contribution in [0.2, 0.25) is 0 Å². The summed E-state index contributed by atoms with van der Waals surface area (Å²) in [5, 5.41) is 23.8. The van der Waals surface area contributed by atoms with Crippen LogP contribution in [0, 0.1) is 32.7 Å². The SMILES string of the molecule is COc1cc(C=O)cc(I)c1O[C@H]1C=C(C(=O)NCCO)C[C@@H](N(C[C@@H]2CC[C@H]3C[C@@H]2C3(C)C)C(=O)C(C)C)[C@@H]1O. The zero-order valence-electron chi connectivity index (χ0n) is 24.6. The lowest BCUT2D eigenvalue weighted by molar-refractivity contribution is -0.151. The monoisotopic (exact) mass is 682 g/mol. The van der Waals surface area contributed by atoms with Crippen molar-refractivity contribution >= 4 is 40.7 Å². The van der Waals surface area contributed by atoms with Gasteiger partial charge in [0.15, 0.2) is 11.5 Å². The van der Waals surface area contributed by atoms with Crippen molar-refractivity contribution in [2.75, 3.05) is 26.8 Å². The Balaban J connectivity index is 1.69. The zero-order valence-corrected chi connectivity index (χ0v) is 26.7. The van der Waals surface area contributed by atoms with Crippen molar-refractivity contribution in [1.82, 2.24) is 10.2 Å². The Morgan fingerprint density at radius 2 is 2.00 bits per heavy atom. The molecule has 0 radical (unpaired) electrons. The molecule has 0 aromatic heterocycles. The molecule has 3 saturated carbocycles. The number of aldehydes is 1. The van der Waals surface area contributed by atoms with Gasteiger partial charge in [0, 0.05) is 36.6 Å². The van der Waals surface area contributed by atoms with Crippen molar-refractivity contribution < 1.29 is 34.1 Å². The lowest BCUT2D eigenvalue weighted by Gasteiger charge is -2.61. The quantitative estimate of drug-likeness (QED) is 0.241. The maximum atomic E-state index is 13.7.